The monoisotopic (exact) mass is 428 g/mol. The first-order valence-electron chi connectivity index (χ1n) is 11.0. The van der Waals surface area contributed by atoms with E-state index in [1.165, 1.54) is 12.1 Å². The van der Waals surface area contributed by atoms with Gasteiger partial charge in [0.2, 0.25) is 11.8 Å². The van der Waals surface area contributed by atoms with Crippen LogP contribution in [0, 0.1) is 5.82 Å². The number of ether oxygens (including phenoxy) is 1. The van der Waals surface area contributed by atoms with Gasteiger partial charge in [-0.05, 0) is 43.0 Å². The quantitative estimate of drug-likeness (QED) is 0.489. The number of rotatable bonds is 13. The van der Waals surface area contributed by atoms with Gasteiger partial charge in [0.05, 0.1) is 0 Å². The number of nitrogens with zero attached hydrogens (tertiary/aromatic N) is 1. The summed E-state index contributed by atoms with van der Waals surface area (Å²) in [6.07, 6.45) is 2.16. The average Bonchev–Trinajstić information content (AvgIpc) is 2.78. The summed E-state index contributed by atoms with van der Waals surface area (Å²) in [6, 6.07) is 15.1. The van der Waals surface area contributed by atoms with Gasteiger partial charge in [-0.3, -0.25) is 9.59 Å². The van der Waals surface area contributed by atoms with Crippen molar-refractivity contribution >= 4 is 11.8 Å². The first-order valence-corrected chi connectivity index (χ1v) is 11.0. The van der Waals surface area contributed by atoms with E-state index in [1.54, 1.807) is 17.0 Å². The van der Waals surface area contributed by atoms with Crippen LogP contribution in [-0.4, -0.2) is 42.5 Å². The zero-order valence-electron chi connectivity index (χ0n) is 18.5. The van der Waals surface area contributed by atoms with Gasteiger partial charge in [-0.25, -0.2) is 4.39 Å². The number of nitrogens with one attached hydrogen (secondary N) is 1. The van der Waals surface area contributed by atoms with E-state index >= 15 is 0 Å². The number of carbonyl (C=O) groups excluding carboxylic acids is 2. The first kappa shape index (κ1) is 24.5. The third-order valence-corrected chi connectivity index (χ3v) is 4.97. The Morgan fingerprint density at radius 1 is 1.03 bits per heavy atom. The lowest BCUT2D eigenvalue weighted by molar-refractivity contribution is -0.141. The second-order valence-electron chi connectivity index (χ2n) is 7.45. The Morgan fingerprint density at radius 2 is 1.74 bits per heavy atom. The molecule has 0 heterocycles. The van der Waals surface area contributed by atoms with Gasteiger partial charge in [-0.2, -0.15) is 0 Å². The molecule has 0 aliphatic carbocycles. The fourth-order valence-corrected chi connectivity index (χ4v) is 3.35. The molecule has 0 aliphatic rings. The summed E-state index contributed by atoms with van der Waals surface area (Å²) in [5.74, 6) is -0.604. The lowest BCUT2D eigenvalue weighted by Gasteiger charge is -2.31. The van der Waals surface area contributed by atoms with Crippen molar-refractivity contribution in [2.75, 3.05) is 19.8 Å². The third-order valence-electron chi connectivity index (χ3n) is 4.97. The van der Waals surface area contributed by atoms with Crippen molar-refractivity contribution in [2.45, 2.75) is 52.1 Å². The molecule has 2 amide bonds. The summed E-state index contributed by atoms with van der Waals surface area (Å²) in [6.45, 7) is 5.82. The molecule has 2 rings (SSSR count). The van der Waals surface area contributed by atoms with Crippen LogP contribution in [0.4, 0.5) is 4.39 Å². The lowest BCUT2D eigenvalue weighted by Crippen LogP contribution is -2.50. The molecule has 0 bridgehead atoms. The smallest absolute Gasteiger partial charge is 0.243 e. The molecule has 0 spiro atoms. The van der Waals surface area contributed by atoms with E-state index in [0.717, 1.165) is 11.1 Å². The molecule has 0 aliphatic heterocycles. The van der Waals surface area contributed by atoms with Crippen LogP contribution in [0.5, 0.6) is 0 Å². The topological polar surface area (TPSA) is 58.6 Å². The Labute approximate surface area is 184 Å². The van der Waals surface area contributed by atoms with Crippen LogP contribution in [0.2, 0.25) is 0 Å². The molecule has 2 aromatic carbocycles. The van der Waals surface area contributed by atoms with Crippen molar-refractivity contribution < 1.29 is 18.7 Å². The summed E-state index contributed by atoms with van der Waals surface area (Å²) < 4.78 is 18.7. The van der Waals surface area contributed by atoms with Gasteiger partial charge < -0.3 is 15.0 Å². The summed E-state index contributed by atoms with van der Waals surface area (Å²) >= 11 is 0. The van der Waals surface area contributed by atoms with Gasteiger partial charge in [0, 0.05) is 39.1 Å². The van der Waals surface area contributed by atoms with E-state index in [1.807, 2.05) is 44.2 Å². The maximum absolute atomic E-state index is 13.4. The van der Waals surface area contributed by atoms with Crippen LogP contribution in [0.25, 0.3) is 0 Å². The average molecular weight is 429 g/mol. The standard InChI is InChI=1S/C25H33FN2O3/c1-3-9-24(29)28(19-21-12-14-22(26)15-13-21)23(18-20-10-6-5-7-11-20)25(30)27-16-8-17-31-4-2/h5-7,10-15,23H,3-4,8-9,16-19H2,1-2H3,(H,27,30)/t23-/m0/s1. The fourth-order valence-electron chi connectivity index (χ4n) is 3.35. The molecule has 1 atom stereocenters. The minimum absolute atomic E-state index is 0.0859. The predicted molar refractivity (Wildman–Crippen MR) is 120 cm³/mol. The zero-order valence-corrected chi connectivity index (χ0v) is 18.5. The Hall–Kier alpha value is -2.73. The van der Waals surface area contributed by atoms with Crippen molar-refractivity contribution in [3.63, 3.8) is 0 Å². The molecule has 0 fully saturated rings. The number of carbonyl (C=O) groups is 2. The maximum atomic E-state index is 13.4. The zero-order chi connectivity index (χ0) is 22.5. The highest BCUT2D eigenvalue weighted by Gasteiger charge is 2.29. The SMILES string of the molecule is CCCC(=O)N(Cc1ccc(F)cc1)[C@@H](Cc1ccccc1)C(=O)NCCCOCC. The van der Waals surface area contributed by atoms with Crippen LogP contribution >= 0.6 is 0 Å². The molecule has 6 heteroatoms. The largest absolute Gasteiger partial charge is 0.382 e. The van der Waals surface area contributed by atoms with Crippen LogP contribution < -0.4 is 5.32 Å². The van der Waals surface area contributed by atoms with E-state index in [-0.39, 0.29) is 24.2 Å². The molecule has 2 aromatic rings. The van der Waals surface area contributed by atoms with E-state index < -0.39 is 6.04 Å². The highest BCUT2D eigenvalue weighted by Crippen LogP contribution is 2.16. The highest BCUT2D eigenvalue weighted by molar-refractivity contribution is 5.88. The van der Waals surface area contributed by atoms with Gasteiger partial charge in [-0.1, -0.05) is 49.4 Å². The van der Waals surface area contributed by atoms with Crippen molar-refractivity contribution in [3.05, 3.63) is 71.5 Å². The summed E-state index contributed by atoms with van der Waals surface area (Å²) in [4.78, 5) is 27.8. The fraction of sp³-hybridized carbons (Fsp3) is 0.440. The molecular formula is C25H33FN2O3. The Kier molecular flexibility index (Phi) is 10.7. The van der Waals surface area contributed by atoms with Gasteiger partial charge in [-0.15, -0.1) is 0 Å². The van der Waals surface area contributed by atoms with Gasteiger partial charge in [0.1, 0.15) is 11.9 Å². The van der Waals surface area contributed by atoms with Crippen LogP contribution in [0.15, 0.2) is 54.6 Å². The molecule has 0 saturated carbocycles. The maximum Gasteiger partial charge on any atom is 0.243 e. The van der Waals surface area contributed by atoms with E-state index in [4.69, 9.17) is 4.74 Å². The van der Waals surface area contributed by atoms with Crippen molar-refractivity contribution in [2.24, 2.45) is 0 Å². The van der Waals surface area contributed by atoms with Crippen molar-refractivity contribution in [1.29, 1.82) is 0 Å². The second-order valence-corrected chi connectivity index (χ2v) is 7.45. The molecule has 1 N–H and O–H groups in total. The van der Waals surface area contributed by atoms with Gasteiger partial charge >= 0.3 is 0 Å². The summed E-state index contributed by atoms with van der Waals surface area (Å²) in [5, 5.41) is 2.96. The Balaban J connectivity index is 2.23. The second kappa shape index (κ2) is 13.5. The number of benzene rings is 2. The Morgan fingerprint density at radius 3 is 2.39 bits per heavy atom. The number of hydrogen-bond acceptors (Lipinski definition) is 3. The van der Waals surface area contributed by atoms with E-state index in [9.17, 15) is 14.0 Å². The molecule has 31 heavy (non-hydrogen) atoms. The summed E-state index contributed by atoms with van der Waals surface area (Å²) in [7, 11) is 0. The normalized spacial score (nSPS) is 11.7. The van der Waals surface area contributed by atoms with Crippen LogP contribution in [0.1, 0.15) is 44.2 Å². The summed E-state index contributed by atoms with van der Waals surface area (Å²) in [5.41, 5.74) is 1.76. The number of hydrogen-bond donors (Lipinski definition) is 1. The number of amides is 2. The molecular weight excluding hydrogens is 395 g/mol. The van der Waals surface area contributed by atoms with Crippen LogP contribution in [-0.2, 0) is 27.3 Å². The van der Waals surface area contributed by atoms with E-state index in [2.05, 4.69) is 5.32 Å². The van der Waals surface area contributed by atoms with E-state index in [0.29, 0.717) is 45.4 Å². The Bertz CT molecular complexity index is 796. The minimum atomic E-state index is -0.654. The van der Waals surface area contributed by atoms with Gasteiger partial charge in [0.15, 0.2) is 0 Å². The predicted octanol–water partition coefficient (Wildman–Crippen LogP) is 4.11. The number of halogens is 1. The molecule has 0 unspecified atom stereocenters. The van der Waals surface area contributed by atoms with Crippen molar-refractivity contribution in [3.8, 4) is 0 Å². The lowest BCUT2D eigenvalue weighted by atomic mass is 10.0. The molecule has 0 aromatic heterocycles. The minimum Gasteiger partial charge on any atom is -0.382 e. The third kappa shape index (κ3) is 8.50. The molecule has 5 nitrogen and oxygen atoms in total. The molecule has 0 saturated heterocycles. The molecule has 0 radical (unpaired) electrons. The highest BCUT2D eigenvalue weighted by atomic mass is 19.1. The molecule has 168 valence electrons. The van der Waals surface area contributed by atoms with Gasteiger partial charge in [0.25, 0.3) is 0 Å². The van der Waals surface area contributed by atoms with Crippen molar-refractivity contribution in [1.82, 2.24) is 10.2 Å². The van der Waals surface area contributed by atoms with Crippen LogP contribution in [0.3, 0.4) is 0 Å². The first-order chi connectivity index (χ1) is 15.0.